The Labute approximate surface area is 201 Å². The molecule has 2 fully saturated rings. The van der Waals surface area contributed by atoms with Crippen molar-refractivity contribution in [2.24, 2.45) is 0 Å². The highest BCUT2D eigenvalue weighted by Gasteiger charge is 2.25. The van der Waals surface area contributed by atoms with Crippen LogP contribution in [0, 0.1) is 0 Å². The lowest BCUT2D eigenvalue weighted by atomic mass is 10.2. The van der Waals surface area contributed by atoms with Crippen LogP contribution in [0.2, 0.25) is 0 Å². The molecule has 0 aromatic heterocycles. The van der Waals surface area contributed by atoms with Crippen LogP contribution in [0.15, 0.2) is 24.3 Å². The highest BCUT2D eigenvalue weighted by molar-refractivity contribution is 8.21. The molecule has 152 valence electrons. The highest BCUT2D eigenvalue weighted by Crippen LogP contribution is 2.41. The Morgan fingerprint density at radius 3 is 1.96 bits per heavy atom. The quantitative estimate of drug-likeness (QED) is 0.247. The number of hydrogen-bond acceptors (Lipinski definition) is 8. The summed E-state index contributed by atoms with van der Waals surface area (Å²) < 4.78 is 1.57. The smallest absolute Gasteiger partial charge is 0.0596 e. The van der Waals surface area contributed by atoms with Gasteiger partial charge < -0.3 is 0 Å². The number of rotatable bonds is 11. The van der Waals surface area contributed by atoms with Gasteiger partial charge in [-0.2, -0.15) is 48.8 Å². The topological polar surface area (TPSA) is 0 Å². The van der Waals surface area contributed by atoms with E-state index in [2.05, 4.69) is 120 Å². The molecule has 3 rings (SSSR count). The zero-order chi connectivity index (χ0) is 18.9. The molecular formula is C19H28S8. The third-order valence-corrected chi connectivity index (χ3v) is 15.0. The fraction of sp³-hybridized carbons (Fsp3) is 0.684. The van der Waals surface area contributed by atoms with E-state index in [0.717, 1.165) is 42.7 Å². The molecular weight excluding hydrogens is 485 g/mol. The summed E-state index contributed by atoms with van der Waals surface area (Å²) >= 11 is 21.5. The minimum absolute atomic E-state index is 0.760. The van der Waals surface area contributed by atoms with Crippen LogP contribution in [0.4, 0.5) is 0 Å². The summed E-state index contributed by atoms with van der Waals surface area (Å²) in [5.74, 6) is 9.42. The van der Waals surface area contributed by atoms with E-state index in [1.54, 1.807) is 0 Å². The number of benzene rings is 1. The first-order valence-corrected chi connectivity index (χ1v) is 16.8. The van der Waals surface area contributed by atoms with Gasteiger partial charge in [0.2, 0.25) is 0 Å². The average Bonchev–Trinajstić information content (AvgIpc) is 3.35. The molecule has 1 aromatic carbocycles. The van der Waals surface area contributed by atoms with Crippen molar-refractivity contribution in [1.82, 2.24) is 0 Å². The minimum Gasteiger partial charge on any atom is -0.178 e. The Morgan fingerprint density at radius 1 is 0.815 bits per heavy atom. The van der Waals surface area contributed by atoms with Gasteiger partial charge in [0.15, 0.2) is 0 Å². The van der Waals surface area contributed by atoms with Crippen LogP contribution in [0.1, 0.15) is 17.5 Å². The molecule has 27 heavy (non-hydrogen) atoms. The molecule has 2 aliphatic heterocycles. The molecule has 1 aromatic rings. The molecule has 2 aliphatic rings. The van der Waals surface area contributed by atoms with Gasteiger partial charge in [0, 0.05) is 50.8 Å². The molecule has 0 saturated carbocycles. The van der Waals surface area contributed by atoms with Gasteiger partial charge in [0.1, 0.15) is 0 Å². The van der Waals surface area contributed by atoms with Crippen molar-refractivity contribution in [2.45, 2.75) is 37.6 Å². The van der Waals surface area contributed by atoms with Crippen LogP contribution in [0.25, 0.3) is 0 Å². The van der Waals surface area contributed by atoms with Crippen molar-refractivity contribution in [3.63, 3.8) is 0 Å². The van der Waals surface area contributed by atoms with E-state index in [1.807, 2.05) is 0 Å². The van der Waals surface area contributed by atoms with Gasteiger partial charge in [0.25, 0.3) is 0 Å². The van der Waals surface area contributed by atoms with Gasteiger partial charge in [-0.3, -0.25) is 0 Å². The Hall–Kier alpha value is 2.02. The first-order chi connectivity index (χ1) is 13.3. The zero-order valence-electron chi connectivity index (χ0n) is 15.3. The van der Waals surface area contributed by atoms with E-state index >= 15 is 0 Å². The number of thiol groups is 2. The van der Waals surface area contributed by atoms with E-state index in [1.165, 1.54) is 40.6 Å². The van der Waals surface area contributed by atoms with Crippen molar-refractivity contribution in [3.05, 3.63) is 35.4 Å². The molecule has 8 heteroatoms. The summed E-state index contributed by atoms with van der Waals surface area (Å²) in [7, 11) is 0. The second-order valence-corrected chi connectivity index (χ2v) is 15.5. The van der Waals surface area contributed by atoms with Crippen LogP contribution in [-0.2, 0) is 11.5 Å². The second kappa shape index (κ2) is 13.4. The molecule has 0 N–H and O–H groups in total. The Morgan fingerprint density at radius 2 is 1.37 bits per heavy atom. The van der Waals surface area contributed by atoms with Crippen molar-refractivity contribution < 1.29 is 0 Å². The van der Waals surface area contributed by atoms with Gasteiger partial charge in [-0.25, -0.2) is 0 Å². The van der Waals surface area contributed by atoms with Crippen molar-refractivity contribution >= 4 is 95.8 Å². The second-order valence-electron chi connectivity index (χ2n) is 6.58. The average molecular weight is 513 g/mol. The largest absolute Gasteiger partial charge is 0.178 e. The van der Waals surface area contributed by atoms with E-state index < -0.39 is 0 Å². The predicted molar refractivity (Wildman–Crippen MR) is 146 cm³/mol. The molecule has 0 bridgehead atoms. The molecule has 4 atom stereocenters. The third kappa shape index (κ3) is 8.58. The predicted octanol–water partition coefficient (Wildman–Crippen LogP) is 6.75. The fourth-order valence-electron chi connectivity index (χ4n) is 2.82. The van der Waals surface area contributed by atoms with Gasteiger partial charge in [-0.15, -0.1) is 47.0 Å². The number of hydrogen-bond donors (Lipinski definition) is 2. The van der Waals surface area contributed by atoms with E-state index in [9.17, 15) is 0 Å². The molecule has 2 heterocycles. The summed E-state index contributed by atoms with van der Waals surface area (Å²) in [5, 5.41) is 1.53. The first-order valence-electron chi connectivity index (χ1n) is 9.26. The first kappa shape index (κ1) is 23.7. The van der Waals surface area contributed by atoms with E-state index in [0.29, 0.717) is 0 Å². The summed E-state index contributed by atoms with van der Waals surface area (Å²) in [4.78, 5) is 0. The van der Waals surface area contributed by atoms with Crippen LogP contribution in [0.3, 0.4) is 0 Å². The van der Waals surface area contributed by atoms with Crippen LogP contribution < -0.4 is 0 Å². The highest BCUT2D eigenvalue weighted by atomic mass is 32.2. The lowest BCUT2D eigenvalue weighted by Crippen LogP contribution is -2.03. The SMILES string of the molecule is SCC1CSC(CCSCc2ccc(CSCC3SCC(CS)S3)cc2)S1. The summed E-state index contributed by atoms with van der Waals surface area (Å²) in [5.41, 5.74) is 2.93. The standard InChI is InChI=1S/C19H28S8/c20-7-16-11-24-18(26-16)5-6-22-9-14-1-3-15(4-2-14)10-23-13-19-25-12-17(8-21)27-19/h1-4,16-21H,5-13H2. The van der Waals surface area contributed by atoms with Gasteiger partial charge in [-0.1, -0.05) is 24.3 Å². The Kier molecular flexibility index (Phi) is 11.8. The van der Waals surface area contributed by atoms with Crippen LogP contribution in [-0.4, -0.2) is 54.2 Å². The Bertz CT molecular complexity index is 537. The number of thioether (sulfide) groups is 6. The molecule has 0 amide bonds. The van der Waals surface area contributed by atoms with Crippen LogP contribution in [0.5, 0.6) is 0 Å². The molecule has 0 aliphatic carbocycles. The Balaban J connectivity index is 1.26. The van der Waals surface area contributed by atoms with Crippen molar-refractivity contribution in [1.29, 1.82) is 0 Å². The summed E-state index contributed by atoms with van der Waals surface area (Å²) in [6.45, 7) is 0. The molecule has 0 spiro atoms. The molecule has 2 saturated heterocycles. The lowest BCUT2D eigenvalue weighted by Gasteiger charge is -2.10. The van der Waals surface area contributed by atoms with Gasteiger partial charge in [-0.05, 0) is 23.3 Å². The van der Waals surface area contributed by atoms with Crippen LogP contribution >= 0.6 is 95.8 Å². The maximum absolute atomic E-state index is 4.43. The maximum Gasteiger partial charge on any atom is 0.0596 e. The van der Waals surface area contributed by atoms with Crippen molar-refractivity contribution in [2.75, 3.05) is 34.5 Å². The molecule has 4 unspecified atom stereocenters. The fourth-order valence-corrected chi connectivity index (χ4v) is 13.0. The van der Waals surface area contributed by atoms with Gasteiger partial charge in [0.05, 0.1) is 9.16 Å². The zero-order valence-corrected chi connectivity index (χ0v) is 22.0. The van der Waals surface area contributed by atoms with Gasteiger partial charge >= 0.3 is 0 Å². The lowest BCUT2D eigenvalue weighted by molar-refractivity contribution is 1.07. The summed E-state index contributed by atoms with van der Waals surface area (Å²) in [6, 6.07) is 9.31. The normalized spacial score (nSPS) is 28.1. The third-order valence-electron chi connectivity index (χ3n) is 4.34. The summed E-state index contributed by atoms with van der Waals surface area (Å²) in [6.07, 6.45) is 1.32. The van der Waals surface area contributed by atoms with E-state index in [-0.39, 0.29) is 0 Å². The monoisotopic (exact) mass is 512 g/mol. The minimum atomic E-state index is 0.760. The maximum atomic E-state index is 4.43. The van der Waals surface area contributed by atoms with Crippen molar-refractivity contribution in [3.8, 4) is 0 Å². The van der Waals surface area contributed by atoms with E-state index in [4.69, 9.17) is 0 Å². The molecule has 0 radical (unpaired) electrons. The molecule has 0 nitrogen and oxygen atoms in total.